The molecule has 138 valence electrons. The molecule has 1 aromatic carbocycles. The number of hydrogen-bond donors (Lipinski definition) is 2. The van der Waals surface area contributed by atoms with Gasteiger partial charge in [-0.3, -0.25) is 0 Å². The molecule has 0 aliphatic carbocycles. The van der Waals surface area contributed by atoms with Crippen molar-refractivity contribution in [3.63, 3.8) is 0 Å². The molecule has 5 nitrogen and oxygen atoms in total. The van der Waals surface area contributed by atoms with Gasteiger partial charge in [0.25, 0.3) is 0 Å². The van der Waals surface area contributed by atoms with Gasteiger partial charge in [0.2, 0.25) is 10.0 Å². The zero-order valence-electron chi connectivity index (χ0n) is 13.7. The van der Waals surface area contributed by atoms with E-state index in [1.165, 1.54) is 48.0 Å². The molecule has 3 aromatic rings. The van der Waals surface area contributed by atoms with Gasteiger partial charge in [0.05, 0.1) is 17.0 Å². The third-order valence-corrected chi connectivity index (χ3v) is 7.39. The van der Waals surface area contributed by atoms with Crippen molar-refractivity contribution in [2.24, 2.45) is 0 Å². The molecule has 0 saturated carbocycles. The van der Waals surface area contributed by atoms with Crippen molar-refractivity contribution < 1.29 is 18.3 Å². The summed E-state index contributed by atoms with van der Waals surface area (Å²) in [6.45, 7) is 0.133. The van der Waals surface area contributed by atoms with E-state index in [-0.39, 0.29) is 16.5 Å². The number of methoxy groups -OCH3 is 1. The lowest BCUT2D eigenvalue weighted by atomic mass is 10.2. The first-order valence-electron chi connectivity index (χ1n) is 7.54. The average Bonchev–Trinajstić information content (AvgIpc) is 3.31. The van der Waals surface area contributed by atoms with Crippen LogP contribution in [0.1, 0.15) is 20.7 Å². The number of ether oxygens (including phenoxy) is 1. The topological polar surface area (TPSA) is 75.6 Å². The number of nitrogens with one attached hydrogen (secondary N) is 1. The van der Waals surface area contributed by atoms with Crippen molar-refractivity contribution >= 4 is 44.3 Å². The van der Waals surface area contributed by atoms with Crippen molar-refractivity contribution in [1.82, 2.24) is 4.72 Å². The molecule has 0 aliphatic rings. The Kier molecular flexibility index (Phi) is 6.01. The zero-order chi connectivity index (χ0) is 18.7. The molecule has 1 unspecified atom stereocenters. The molecule has 0 bridgehead atoms. The summed E-state index contributed by atoms with van der Waals surface area (Å²) < 4.78 is 32.4. The van der Waals surface area contributed by atoms with E-state index in [0.29, 0.717) is 5.75 Å². The first-order chi connectivity index (χ1) is 12.4. The number of hydrogen-bond acceptors (Lipinski definition) is 6. The first kappa shape index (κ1) is 19.3. The van der Waals surface area contributed by atoms with Gasteiger partial charge < -0.3 is 9.84 Å². The smallest absolute Gasteiger partial charge is 0.240 e. The Balaban J connectivity index is 1.69. The minimum Gasteiger partial charge on any atom is -0.495 e. The molecule has 3 rings (SSSR count). The summed E-state index contributed by atoms with van der Waals surface area (Å²) in [6, 6.07) is 11.7. The van der Waals surface area contributed by atoms with Crippen LogP contribution in [0.4, 0.5) is 0 Å². The Morgan fingerprint density at radius 3 is 2.69 bits per heavy atom. The van der Waals surface area contributed by atoms with Crippen molar-refractivity contribution in [1.29, 1.82) is 0 Å². The quantitative estimate of drug-likeness (QED) is 0.594. The Labute approximate surface area is 164 Å². The molecular weight excluding hydrogens is 414 g/mol. The highest BCUT2D eigenvalue weighted by Gasteiger charge is 2.18. The van der Waals surface area contributed by atoms with Crippen LogP contribution < -0.4 is 9.46 Å². The number of benzene rings is 1. The maximum atomic E-state index is 12.4. The van der Waals surface area contributed by atoms with Crippen molar-refractivity contribution in [2.45, 2.75) is 17.5 Å². The standard InChI is InChI=1S/C17H16ClNO4S3/c1-23-14-6-5-12(9-13(14)18)26(21,22)19-10-11-4-7-16(25-11)17(20)15-3-2-8-24-15/h2-9,17,19-20H,10H2,1H3. The predicted molar refractivity (Wildman–Crippen MR) is 105 cm³/mol. The molecule has 1 atom stereocenters. The number of sulfonamides is 1. The molecule has 0 radical (unpaired) electrons. The van der Waals surface area contributed by atoms with E-state index in [0.717, 1.165) is 14.6 Å². The van der Waals surface area contributed by atoms with E-state index in [1.54, 1.807) is 6.07 Å². The van der Waals surface area contributed by atoms with E-state index in [4.69, 9.17) is 16.3 Å². The summed E-state index contributed by atoms with van der Waals surface area (Å²) in [5.41, 5.74) is 0. The fourth-order valence-electron chi connectivity index (χ4n) is 2.29. The van der Waals surface area contributed by atoms with Gasteiger partial charge in [-0.05, 0) is 41.8 Å². The minimum absolute atomic E-state index is 0.0682. The molecule has 26 heavy (non-hydrogen) atoms. The van der Waals surface area contributed by atoms with Gasteiger partial charge in [-0.2, -0.15) is 0 Å². The van der Waals surface area contributed by atoms with Crippen LogP contribution in [0, 0.1) is 0 Å². The number of thiophene rings is 2. The lowest BCUT2D eigenvalue weighted by Gasteiger charge is -2.08. The van der Waals surface area contributed by atoms with Gasteiger partial charge in [-0.1, -0.05) is 17.7 Å². The van der Waals surface area contributed by atoms with Crippen LogP contribution in [0.25, 0.3) is 0 Å². The summed E-state index contributed by atoms with van der Waals surface area (Å²) in [5, 5.41) is 12.5. The maximum Gasteiger partial charge on any atom is 0.240 e. The fourth-order valence-corrected chi connectivity index (χ4v) is 5.49. The summed E-state index contributed by atoms with van der Waals surface area (Å²) in [5.74, 6) is 0.413. The lowest BCUT2D eigenvalue weighted by Crippen LogP contribution is -2.22. The van der Waals surface area contributed by atoms with Gasteiger partial charge in [0, 0.05) is 21.2 Å². The molecule has 0 saturated heterocycles. The highest BCUT2D eigenvalue weighted by atomic mass is 35.5. The summed E-state index contributed by atoms with van der Waals surface area (Å²) in [6.07, 6.45) is -0.689. The summed E-state index contributed by atoms with van der Waals surface area (Å²) in [4.78, 5) is 2.50. The van der Waals surface area contributed by atoms with Crippen molar-refractivity contribution in [2.75, 3.05) is 7.11 Å². The molecule has 0 amide bonds. The van der Waals surface area contributed by atoms with E-state index in [1.807, 2.05) is 23.6 Å². The summed E-state index contributed by atoms with van der Waals surface area (Å²) >= 11 is 8.84. The SMILES string of the molecule is COc1ccc(S(=O)(=O)NCc2ccc(C(O)c3cccs3)s2)cc1Cl. The Hall–Kier alpha value is -1.42. The van der Waals surface area contributed by atoms with Gasteiger partial charge in [0.15, 0.2) is 0 Å². The van der Waals surface area contributed by atoms with Crippen LogP contribution >= 0.6 is 34.3 Å². The maximum absolute atomic E-state index is 12.4. The summed E-state index contributed by atoms with van der Waals surface area (Å²) in [7, 11) is -2.24. The van der Waals surface area contributed by atoms with Crippen molar-refractivity contribution in [3.8, 4) is 5.75 Å². The van der Waals surface area contributed by atoms with E-state index >= 15 is 0 Å². The van der Waals surface area contributed by atoms with Gasteiger partial charge >= 0.3 is 0 Å². The Morgan fingerprint density at radius 2 is 2.04 bits per heavy atom. The molecule has 9 heteroatoms. The Bertz CT molecular complexity index is 983. The first-order valence-corrected chi connectivity index (χ1v) is 11.1. The second-order valence-electron chi connectivity index (χ2n) is 5.34. The largest absolute Gasteiger partial charge is 0.495 e. The third-order valence-electron chi connectivity index (χ3n) is 3.63. The molecule has 2 heterocycles. The molecule has 0 aliphatic heterocycles. The van der Waals surface area contributed by atoms with Gasteiger partial charge in [-0.25, -0.2) is 13.1 Å². The third kappa shape index (κ3) is 4.28. The van der Waals surface area contributed by atoms with Crippen LogP contribution in [0.3, 0.4) is 0 Å². The zero-order valence-corrected chi connectivity index (χ0v) is 16.9. The van der Waals surface area contributed by atoms with Gasteiger partial charge in [-0.15, -0.1) is 22.7 Å². The normalized spacial score (nSPS) is 12.9. The van der Waals surface area contributed by atoms with E-state index < -0.39 is 16.1 Å². The fraction of sp³-hybridized carbons (Fsp3) is 0.176. The molecular formula is C17H16ClNO4S3. The highest BCUT2D eigenvalue weighted by molar-refractivity contribution is 7.89. The number of aliphatic hydroxyl groups is 1. The van der Waals surface area contributed by atoms with E-state index in [2.05, 4.69) is 4.72 Å². The molecule has 0 spiro atoms. The number of aliphatic hydroxyl groups excluding tert-OH is 1. The van der Waals surface area contributed by atoms with Crippen LogP contribution in [-0.4, -0.2) is 20.6 Å². The Morgan fingerprint density at radius 1 is 1.23 bits per heavy atom. The van der Waals surface area contributed by atoms with Crippen LogP contribution in [0.15, 0.2) is 52.7 Å². The highest BCUT2D eigenvalue weighted by Crippen LogP contribution is 2.31. The predicted octanol–water partition coefficient (Wildman–Crippen LogP) is 4.03. The second kappa shape index (κ2) is 8.08. The number of halogens is 1. The molecule has 0 fully saturated rings. The van der Waals surface area contributed by atoms with Crippen LogP contribution in [0.2, 0.25) is 5.02 Å². The van der Waals surface area contributed by atoms with E-state index in [9.17, 15) is 13.5 Å². The average molecular weight is 430 g/mol. The molecule has 2 N–H and O–H groups in total. The molecule has 2 aromatic heterocycles. The minimum atomic E-state index is -3.70. The van der Waals surface area contributed by atoms with Crippen molar-refractivity contribution in [3.05, 3.63) is 67.5 Å². The monoisotopic (exact) mass is 429 g/mol. The second-order valence-corrected chi connectivity index (χ2v) is 9.70. The van der Waals surface area contributed by atoms with Crippen LogP contribution in [-0.2, 0) is 16.6 Å². The van der Waals surface area contributed by atoms with Gasteiger partial charge in [0.1, 0.15) is 11.9 Å². The van der Waals surface area contributed by atoms with Crippen LogP contribution in [0.5, 0.6) is 5.75 Å². The number of rotatable bonds is 7. The lowest BCUT2D eigenvalue weighted by molar-refractivity contribution is 0.228.